The number of nitriles is 2. The van der Waals surface area contributed by atoms with E-state index in [9.17, 15) is 45.7 Å². The van der Waals surface area contributed by atoms with Gasteiger partial charge < -0.3 is 97.0 Å². The molecule has 0 aliphatic carbocycles. The molecule has 0 aliphatic rings. The quantitative estimate of drug-likeness (QED) is 0.0165. The van der Waals surface area contributed by atoms with E-state index in [1.165, 1.54) is 76.5 Å². The zero-order chi connectivity index (χ0) is 39.2. The number of guanidine groups is 2. The minimum atomic E-state index is -4.69. The Morgan fingerprint density at radius 3 is 0.951 bits per heavy atom. The second-order valence-corrected chi connectivity index (χ2v) is 11.2. The monoisotopic (exact) mass is 979 g/mol. The van der Waals surface area contributed by atoms with Gasteiger partial charge in [0.15, 0.2) is 23.0 Å². The molecule has 0 atom stereocenters. The molecule has 0 saturated carbocycles. The molecule has 0 aromatic heterocycles. The third-order valence-electron chi connectivity index (χ3n) is 4.50. The zero-order valence-corrected chi connectivity index (χ0v) is 34.5. The van der Waals surface area contributed by atoms with Crippen molar-refractivity contribution < 1.29 is 118 Å². The Balaban J connectivity index is -0.0000000474. The Morgan fingerprint density at radius 2 is 0.803 bits per heavy atom. The first-order chi connectivity index (χ1) is 23.0. The van der Waals surface area contributed by atoms with E-state index in [1.54, 1.807) is 0 Å². The van der Waals surface area contributed by atoms with Crippen LogP contribution in [-0.4, -0.2) is 103 Å². The number of hydrogen-bond donors (Lipinski definition) is 6. The standard InChI is InChI=1S/2C11H12N2O5S.2C2H4N4.Cu.10H2O/c2*1-7(14)11(8(2)15)13-12-9-5-3-4-6-10(9)19(16,17)18;2*3-1-6-2(4)5;;;;;;;;;;;/h2*3-6,14H,1-2H3,(H,16,17,18);2*(H4,4,5,6);;10*1H2/q;;;;+2;;;;;;;;;;/b2*11-7+,13-12?;;;;;;;;;;;;;. The van der Waals surface area contributed by atoms with Crippen molar-refractivity contribution in [2.75, 3.05) is 0 Å². The molecule has 0 saturated heterocycles. The molecule has 2 aromatic rings. The van der Waals surface area contributed by atoms with E-state index in [4.69, 9.17) is 33.5 Å². The first-order valence-electron chi connectivity index (χ1n) is 12.7. The molecule has 35 heteroatoms. The number of benzene rings is 2. The summed E-state index contributed by atoms with van der Waals surface area (Å²) in [5.41, 5.74) is 17.8. The molecule has 0 aliphatic heterocycles. The van der Waals surface area contributed by atoms with E-state index in [0.717, 1.165) is 12.1 Å². The Kier molecular flexibility index (Phi) is 66.3. The Bertz CT molecular complexity index is 1890. The van der Waals surface area contributed by atoms with Crippen molar-refractivity contribution in [3.05, 3.63) is 71.4 Å². The number of hydrogen-bond acceptors (Lipinski definition) is 18. The number of nitrogens with zero attached hydrogens (tertiary/aromatic N) is 8. The van der Waals surface area contributed by atoms with E-state index < -0.39 is 41.6 Å². The van der Waals surface area contributed by atoms with Crippen molar-refractivity contribution in [2.45, 2.75) is 37.5 Å². The molecule has 32 nitrogen and oxygen atoms in total. The van der Waals surface area contributed by atoms with Gasteiger partial charge in [0.2, 0.25) is 24.3 Å². The predicted molar refractivity (Wildman–Crippen MR) is 211 cm³/mol. The van der Waals surface area contributed by atoms with Crippen LogP contribution in [0.2, 0.25) is 0 Å². The molecule has 0 fully saturated rings. The van der Waals surface area contributed by atoms with E-state index in [2.05, 4.69) is 30.4 Å². The maximum absolute atomic E-state index is 11.1. The van der Waals surface area contributed by atoms with Crippen LogP contribution in [-0.2, 0) is 57.8 Å². The second-order valence-electron chi connectivity index (χ2n) is 8.50. The number of carbonyl (C=O) groups is 2. The van der Waals surface area contributed by atoms with Crippen molar-refractivity contribution in [1.29, 1.82) is 10.5 Å². The molecule has 2 aromatic carbocycles. The molecule has 1 radical (unpaired) electrons. The van der Waals surface area contributed by atoms with Crippen molar-refractivity contribution >= 4 is 55.1 Å². The molecule has 0 spiro atoms. The number of aliphatic hydroxyl groups excluding tert-OH is 2. The van der Waals surface area contributed by atoms with Crippen LogP contribution in [0, 0.1) is 22.9 Å². The fraction of sp³-hybridized carbons (Fsp3) is 0.154. The number of aliphatic hydroxyl groups is 2. The van der Waals surface area contributed by atoms with Crippen molar-refractivity contribution in [3.63, 3.8) is 0 Å². The number of aliphatic imine (C=N–C) groups is 2. The average molecular weight is 980 g/mol. The minimum absolute atomic E-state index is 0. The van der Waals surface area contributed by atoms with Crippen LogP contribution >= 0.6 is 0 Å². The summed E-state index contributed by atoms with van der Waals surface area (Å²) in [6.07, 6.45) is 2.81. The number of ketones is 2. The molecule has 61 heavy (non-hydrogen) atoms. The first kappa shape index (κ1) is 90.6. The maximum atomic E-state index is 11.1. The smallest absolute Gasteiger partial charge is 0.744 e. The van der Waals surface area contributed by atoms with Gasteiger partial charge in [-0.05, 0) is 38.1 Å². The van der Waals surface area contributed by atoms with Crippen molar-refractivity contribution in [1.82, 2.24) is 0 Å². The third-order valence-corrected chi connectivity index (χ3v) is 6.26. The molecule has 0 amide bonds. The summed E-state index contributed by atoms with van der Waals surface area (Å²) in [4.78, 5) is 27.0. The maximum Gasteiger partial charge on any atom is 2.00 e. The molecule has 0 heterocycles. The van der Waals surface area contributed by atoms with Crippen LogP contribution in [0.3, 0.4) is 0 Å². The van der Waals surface area contributed by atoms with Gasteiger partial charge in [0.25, 0.3) is 0 Å². The zero-order valence-electron chi connectivity index (χ0n) is 31.9. The van der Waals surface area contributed by atoms with E-state index in [0.29, 0.717) is 0 Å². The SMILES string of the molecule is CC(=O)/C(N=Nc1ccccc1S(=O)(=O)[O-])=C(/C)O.CC(=O)/C(N=Nc1ccccc1S(=O)(=O)[O-])=C(/C)O.N#CN=C(N)N.N#CN=C(N)N.O.O.O.O.O.O.O.O.[Cu+2].[OH3+].[OH3+]. The summed E-state index contributed by atoms with van der Waals surface area (Å²) in [6, 6.07) is 10.3. The molecular weight excluding hydrogens is 928 g/mol. The van der Waals surface area contributed by atoms with Crippen LogP contribution in [0.25, 0.3) is 0 Å². The predicted octanol–water partition coefficient (Wildman–Crippen LogP) is -6.86. The third kappa shape index (κ3) is 40.1. The van der Waals surface area contributed by atoms with Crippen LogP contribution in [0.5, 0.6) is 0 Å². The van der Waals surface area contributed by atoms with Crippen LogP contribution in [0.15, 0.2) is 112 Å². The topological polar surface area (TPSA) is 733 Å². The van der Waals surface area contributed by atoms with Gasteiger partial charge >= 0.3 is 17.1 Å². The van der Waals surface area contributed by atoms with Gasteiger partial charge in [0.05, 0.1) is 9.79 Å². The average Bonchev–Trinajstić information content (AvgIpc) is 2.97. The first-order valence-corrected chi connectivity index (χ1v) is 15.5. The van der Waals surface area contributed by atoms with Gasteiger partial charge in [0, 0.05) is 13.8 Å². The van der Waals surface area contributed by atoms with E-state index in [-0.39, 0.29) is 118 Å². The number of carbonyl (C=O) groups excluding carboxylic acids is 2. The Labute approximate surface area is 357 Å². The molecule has 0 bridgehead atoms. The summed E-state index contributed by atoms with van der Waals surface area (Å²) in [5.74, 6) is -2.16. The second kappa shape index (κ2) is 44.6. The Morgan fingerprint density at radius 1 is 0.574 bits per heavy atom. The normalized spacial score (nSPS) is 9.51. The van der Waals surface area contributed by atoms with Gasteiger partial charge in [-0.3, -0.25) is 9.59 Å². The number of nitrogens with two attached hydrogens (primary N) is 4. The van der Waals surface area contributed by atoms with Gasteiger partial charge in [-0.2, -0.15) is 10.5 Å². The number of Topliss-reactive ketones (excluding diaryl/α,β-unsaturated/α-hetero) is 2. The van der Waals surface area contributed by atoms with Crippen molar-refractivity contribution in [3.8, 4) is 12.4 Å². The van der Waals surface area contributed by atoms with Crippen LogP contribution in [0.4, 0.5) is 11.4 Å². The summed E-state index contributed by atoms with van der Waals surface area (Å²) in [5, 5.41) is 47.7. The minimum Gasteiger partial charge on any atom is -0.744 e. The van der Waals surface area contributed by atoms with Gasteiger partial charge in [-0.15, -0.1) is 30.4 Å². The van der Waals surface area contributed by atoms with E-state index >= 15 is 0 Å². The summed E-state index contributed by atoms with van der Waals surface area (Å²) < 4.78 is 65.9. The Hall–Kier alpha value is -6.48. The molecule has 0 unspecified atom stereocenters. The fourth-order valence-electron chi connectivity index (χ4n) is 2.62. The largest absolute Gasteiger partial charge is 2.00 e. The summed E-state index contributed by atoms with van der Waals surface area (Å²) in [7, 11) is -9.38. The van der Waals surface area contributed by atoms with Crippen LogP contribution in [0.1, 0.15) is 27.7 Å². The van der Waals surface area contributed by atoms with Crippen LogP contribution < -0.4 is 22.9 Å². The molecular formula is C26H52CuN12O20S2+2. The summed E-state index contributed by atoms with van der Waals surface area (Å²) >= 11 is 0. The van der Waals surface area contributed by atoms with Crippen molar-refractivity contribution in [2.24, 2.45) is 53.4 Å². The number of allylic oxidation sites excluding steroid dienone is 4. The van der Waals surface area contributed by atoms with Gasteiger partial charge in [-0.25, -0.2) is 16.8 Å². The number of rotatable bonds is 8. The fourth-order valence-corrected chi connectivity index (χ4v) is 3.84. The molecule has 32 N–H and O–H groups in total. The van der Waals surface area contributed by atoms with Gasteiger partial charge in [-0.1, -0.05) is 24.3 Å². The van der Waals surface area contributed by atoms with Gasteiger partial charge in [0.1, 0.15) is 43.1 Å². The summed E-state index contributed by atoms with van der Waals surface area (Å²) in [6.45, 7) is 4.83. The van der Waals surface area contributed by atoms with E-state index in [1.807, 2.05) is 0 Å². The molecule has 357 valence electrons. The molecule has 2 rings (SSSR count). The number of azo groups is 2.